The van der Waals surface area contributed by atoms with Crippen LogP contribution in [0.3, 0.4) is 0 Å². The number of nitrogens with one attached hydrogen (secondary N) is 1. The fourth-order valence-corrected chi connectivity index (χ4v) is 5.19. The molecule has 2 aliphatic rings. The molecule has 0 radical (unpaired) electrons. The number of ether oxygens (including phenoxy) is 1. The highest BCUT2D eigenvalue weighted by atomic mass is 16.5. The highest BCUT2D eigenvalue weighted by Crippen LogP contribution is 2.53. The van der Waals surface area contributed by atoms with Crippen LogP contribution in [0.25, 0.3) is 0 Å². The van der Waals surface area contributed by atoms with E-state index in [0.29, 0.717) is 23.4 Å². The highest BCUT2D eigenvalue weighted by molar-refractivity contribution is 5.97. The van der Waals surface area contributed by atoms with Gasteiger partial charge in [0.05, 0.1) is 12.5 Å². The number of rotatable bonds is 4. The molecule has 1 aromatic carbocycles. The predicted octanol–water partition coefficient (Wildman–Crippen LogP) is 4.18. The number of carbonyl (C=O) groups is 2. The van der Waals surface area contributed by atoms with Gasteiger partial charge in [0, 0.05) is 11.8 Å². The molecule has 0 aliphatic heterocycles. The minimum Gasteiger partial charge on any atom is -0.496 e. The normalized spacial score (nSPS) is 31.2. The number of carboxylic acids is 1. The van der Waals surface area contributed by atoms with Gasteiger partial charge in [0.25, 0.3) is 0 Å². The third-order valence-electron chi connectivity index (χ3n) is 5.80. The second kappa shape index (κ2) is 6.70. The van der Waals surface area contributed by atoms with Crippen LogP contribution in [-0.4, -0.2) is 24.1 Å². The quantitative estimate of drug-likeness (QED) is 0.858. The summed E-state index contributed by atoms with van der Waals surface area (Å²) in [7, 11) is 1.43. The Labute approximate surface area is 148 Å². The van der Waals surface area contributed by atoms with Gasteiger partial charge in [-0.1, -0.05) is 13.8 Å². The number of fused-ring (bicyclic) bond motifs is 2. The van der Waals surface area contributed by atoms with Crippen molar-refractivity contribution in [2.75, 3.05) is 12.4 Å². The third kappa shape index (κ3) is 3.51. The Morgan fingerprint density at radius 3 is 2.36 bits per heavy atom. The zero-order chi connectivity index (χ0) is 18.2. The first-order chi connectivity index (χ1) is 11.8. The van der Waals surface area contributed by atoms with Gasteiger partial charge < -0.3 is 15.2 Å². The summed E-state index contributed by atoms with van der Waals surface area (Å²) in [6.07, 6.45) is 5.28. The Kier molecular flexibility index (Phi) is 4.76. The summed E-state index contributed by atoms with van der Waals surface area (Å²) in [5.41, 5.74) is 0.393. The van der Waals surface area contributed by atoms with Crippen LogP contribution < -0.4 is 10.1 Å². The SMILES string of the molecule is COc1cc(NC(=O)C23CC(C)CC(CC(C)C2)C3)ccc1C(=O)O. The average Bonchev–Trinajstić information content (AvgIpc) is 2.52. The lowest BCUT2D eigenvalue weighted by molar-refractivity contribution is -0.133. The molecule has 2 N–H and O–H groups in total. The van der Waals surface area contributed by atoms with Crippen molar-refractivity contribution < 1.29 is 19.4 Å². The van der Waals surface area contributed by atoms with Crippen molar-refractivity contribution in [3.05, 3.63) is 23.8 Å². The molecule has 0 aromatic heterocycles. The number of amides is 1. The molecule has 1 amide bonds. The Balaban J connectivity index is 1.82. The zero-order valence-electron chi connectivity index (χ0n) is 15.2. The van der Waals surface area contributed by atoms with Crippen LogP contribution in [0.2, 0.25) is 0 Å². The van der Waals surface area contributed by atoms with Crippen LogP contribution in [0.15, 0.2) is 18.2 Å². The molecule has 0 saturated heterocycles. The van der Waals surface area contributed by atoms with E-state index in [-0.39, 0.29) is 22.6 Å². The van der Waals surface area contributed by atoms with E-state index < -0.39 is 5.97 Å². The Morgan fingerprint density at radius 2 is 1.80 bits per heavy atom. The summed E-state index contributed by atoms with van der Waals surface area (Å²) in [5.74, 6) is 1.07. The number of methoxy groups -OCH3 is 1. The van der Waals surface area contributed by atoms with E-state index in [1.54, 1.807) is 12.1 Å². The molecule has 1 aromatic rings. The van der Waals surface area contributed by atoms with Gasteiger partial charge in [0.1, 0.15) is 11.3 Å². The van der Waals surface area contributed by atoms with Crippen molar-refractivity contribution in [3.63, 3.8) is 0 Å². The maximum absolute atomic E-state index is 13.1. The minimum absolute atomic E-state index is 0.0701. The van der Waals surface area contributed by atoms with Gasteiger partial charge in [0.15, 0.2) is 0 Å². The lowest BCUT2D eigenvalue weighted by Gasteiger charge is -2.48. The van der Waals surface area contributed by atoms with Gasteiger partial charge in [0.2, 0.25) is 5.91 Å². The largest absolute Gasteiger partial charge is 0.496 e. The van der Waals surface area contributed by atoms with E-state index in [1.165, 1.54) is 26.0 Å². The molecular weight excluding hydrogens is 318 g/mol. The van der Waals surface area contributed by atoms with E-state index >= 15 is 0 Å². The van der Waals surface area contributed by atoms with Gasteiger partial charge >= 0.3 is 5.97 Å². The number of hydrogen-bond acceptors (Lipinski definition) is 3. The smallest absolute Gasteiger partial charge is 0.339 e. The molecule has 0 heterocycles. The molecule has 5 heteroatoms. The van der Waals surface area contributed by atoms with Gasteiger partial charge in [-0.3, -0.25) is 4.79 Å². The van der Waals surface area contributed by atoms with E-state index in [4.69, 9.17) is 4.74 Å². The predicted molar refractivity (Wildman–Crippen MR) is 95.9 cm³/mol. The summed E-state index contributed by atoms with van der Waals surface area (Å²) in [6.45, 7) is 4.49. The van der Waals surface area contributed by atoms with Crippen molar-refractivity contribution in [1.29, 1.82) is 0 Å². The van der Waals surface area contributed by atoms with Crippen LogP contribution >= 0.6 is 0 Å². The number of carboxylic acid groups (broad SMARTS) is 1. The fraction of sp³-hybridized carbons (Fsp3) is 0.600. The lowest BCUT2D eigenvalue weighted by atomic mass is 9.56. The summed E-state index contributed by atoms with van der Waals surface area (Å²) < 4.78 is 5.16. The topological polar surface area (TPSA) is 75.6 Å². The maximum Gasteiger partial charge on any atom is 0.339 e. The lowest BCUT2D eigenvalue weighted by Crippen LogP contribution is -2.47. The zero-order valence-corrected chi connectivity index (χ0v) is 15.2. The minimum atomic E-state index is -1.04. The van der Waals surface area contributed by atoms with Crippen LogP contribution in [-0.2, 0) is 4.79 Å². The Hall–Kier alpha value is -2.04. The van der Waals surface area contributed by atoms with Gasteiger partial charge in [-0.05, 0) is 62.0 Å². The first-order valence-corrected chi connectivity index (χ1v) is 9.06. The average molecular weight is 345 g/mol. The van der Waals surface area contributed by atoms with Crippen LogP contribution in [0.1, 0.15) is 56.3 Å². The first kappa shape index (κ1) is 17.8. The second-order valence-corrected chi connectivity index (χ2v) is 8.11. The fourth-order valence-electron chi connectivity index (χ4n) is 5.19. The van der Waals surface area contributed by atoms with Crippen molar-refractivity contribution in [1.82, 2.24) is 0 Å². The maximum atomic E-state index is 13.1. The number of benzene rings is 1. The molecular formula is C20H27NO4. The molecule has 5 nitrogen and oxygen atoms in total. The van der Waals surface area contributed by atoms with Crippen molar-refractivity contribution in [3.8, 4) is 5.75 Å². The number of aromatic carboxylic acids is 1. The molecule has 2 unspecified atom stereocenters. The van der Waals surface area contributed by atoms with E-state index in [9.17, 15) is 14.7 Å². The number of anilines is 1. The Bertz CT molecular complexity index is 665. The molecule has 2 fully saturated rings. The third-order valence-corrected chi connectivity index (χ3v) is 5.80. The summed E-state index contributed by atoms with van der Waals surface area (Å²) in [5, 5.41) is 12.2. The number of hydrogen-bond donors (Lipinski definition) is 2. The van der Waals surface area contributed by atoms with Gasteiger partial charge in [-0.2, -0.15) is 0 Å². The van der Waals surface area contributed by atoms with Crippen LogP contribution in [0, 0.1) is 23.2 Å². The molecule has 2 bridgehead atoms. The van der Waals surface area contributed by atoms with Gasteiger partial charge in [-0.25, -0.2) is 4.79 Å². The van der Waals surface area contributed by atoms with Crippen molar-refractivity contribution in [2.24, 2.45) is 23.2 Å². The summed E-state index contributed by atoms with van der Waals surface area (Å²) >= 11 is 0. The van der Waals surface area contributed by atoms with Crippen molar-refractivity contribution in [2.45, 2.75) is 46.0 Å². The van der Waals surface area contributed by atoms with Crippen LogP contribution in [0.5, 0.6) is 5.75 Å². The molecule has 2 atom stereocenters. The number of carbonyl (C=O) groups excluding carboxylic acids is 1. The molecule has 25 heavy (non-hydrogen) atoms. The van der Waals surface area contributed by atoms with Gasteiger partial charge in [-0.15, -0.1) is 0 Å². The monoisotopic (exact) mass is 345 g/mol. The standard InChI is InChI=1S/C20H27NO4/c1-12-6-14-7-13(2)10-20(9-12,11-14)19(24)21-15-4-5-16(18(22)23)17(8-15)25-3/h4-5,8,12-14H,6-7,9-11H2,1-3H3,(H,21,24)(H,22,23). The van der Waals surface area contributed by atoms with E-state index in [0.717, 1.165) is 19.3 Å². The first-order valence-electron chi connectivity index (χ1n) is 9.06. The molecule has 0 spiro atoms. The molecule has 2 aliphatic carbocycles. The Morgan fingerprint density at radius 1 is 1.16 bits per heavy atom. The molecule has 2 saturated carbocycles. The van der Waals surface area contributed by atoms with E-state index in [2.05, 4.69) is 19.2 Å². The van der Waals surface area contributed by atoms with Crippen LogP contribution in [0.4, 0.5) is 5.69 Å². The highest BCUT2D eigenvalue weighted by Gasteiger charge is 2.48. The second-order valence-electron chi connectivity index (χ2n) is 8.11. The summed E-state index contributed by atoms with van der Waals surface area (Å²) in [4.78, 5) is 24.3. The van der Waals surface area contributed by atoms with E-state index in [1.807, 2.05) is 0 Å². The molecule has 3 rings (SSSR count). The summed E-state index contributed by atoms with van der Waals surface area (Å²) in [6, 6.07) is 4.70. The molecule has 136 valence electrons. The van der Waals surface area contributed by atoms with Crippen molar-refractivity contribution >= 4 is 17.6 Å².